The van der Waals surface area contributed by atoms with E-state index < -0.39 is 17.4 Å². The molecule has 0 saturated heterocycles. The van der Waals surface area contributed by atoms with Crippen molar-refractivity contribution < 1.29 is 13.6 Å². The zero-order chi connectivity index (χ0) is 15.9. The van der Waals surface area contributed by atoms with Gasteiger partial charge in [0.25, 0.3) is 0 Å². The number of benzene rings is 2. The number of aromatic nitrogens is 1. The van der Waals surface area contributed by atoms with Crippen molar-refractivity contribution in [3.63, 3.8) is 0 Å². The maximum Gasteiger partial charge on any atom is 0.417 e. The first-order valence-corrected chi connectivity index (χ1v) is 6.37. The summed E-state index contributed by atoms with van der Waals surface area (Å²) in [5.41, 5.74) is 1.80. The molecule has 0 amide bonds. The molecule has 108 valence electrons. The average molecular weight is 296 g/mol. The number of carbonyl (C=O) groups excluding carboxylic acids is 1. The van der Waals surface area contributed by atoms with Gasteiger partial charge in [-0.15, -0.1) is 0 Å². The smallest absolute Gasteiger partial charge is 0.408 e. The Bertz CT molecular complexity index is 1010. The quantitative estimate of drug-likeness (QED) is 0.736. The van der Waals surface area contributed by atoms with Gasteiger partial charge in [0.15, 0.2) is 11.4 Å². The van der Waals surface area contributed by atoms with E-state index in [1.807, 2.05) is 0 Å². The van der Waals surface area contributed by atoms with Gasteiger partial charge in [-0.3, -0.25) is 9.78 Å². The van der Waals surface area contributed by atoms with Gasteiger partial charge in [-0.2, -0.15) is 5.26 Å². The highest BCUT2D eigenvalue weighted by Crippen LogP contribution is 2.21. The summed E-state index contributed by atoms with van der Waals surface area (Å²) in [5.74, 6) is -1.72. The van der Waals surface area contributed by atoms with Crippen molar-refractivity contribution in [1.29, 1.82) is 5.26 Å². The molecule has 0 aliphatic heterocycles. The van der Waals surface area contributed by atoms with E-state index in [9.17, 15) is 14.0 Å². The van der Waals surface area contributed by atoms with Gasteiger partial charge in [0.2, 0.25) is 0 Å². The van der Waals surface area contributed by atoms with E-state index >= 15 is 0 Å². The van der Waals surface area contributed by atoms with Crippen molar-refractivity contribution in [2.24, 2.45) is 0 Å². The number of nitrogens with one attached hydrogen (secondary N) is 1. The van der Waals surface area contributed by atoms with Crippen molar-refractivity contribution in [3.05, 3.63) is 69.0 Å². The molecule has 0 atom stereocenters. The molecule has 0 bridgehead atoms. The summed E-state index contributed by atoms with van der Waals surface area (Å²) in [6, 6.07) is 8.23. The lowest BCUT2D eigenvalue weighted by molar-refractivity contribution is 0.103. The van der Waals surface area contributed by atoms with Crippen LogP contribution in [0.15, 0.2) is 39.5 Å². The monoisotopic (exact) mass is 296 g/mol. The number of oxazole rings is 1. The molecular weight excluding hydrogens is 287 g/mol. The Morgan fingerprint density at radius 3 is 2.68 bits per heavy atom. The van der Waals surface area contributed by atoms with Gasteiger partial charge >= 0.3 is 5.76 Å². The zero-order valence-electron chi connectivity index (χ0n) is 11.4. The van der Waals surface area contributed by atoms with Gasteiger partial charge in [0.05, 0.1) is 17.1 Å². The summed E-state index contributed by atoms with van der Waals surface area (Å²) < 4.78 is 18.4. The van der Waals surface area contributed by atoms with E-state index in [0.717, 1.165) is 12.1 Å². The number of hydrogen-bond donors (Lipinski definition) is 1. The number of ketones is 1. The maximum atomic E-state index is 13.5. The molecule has 6 heteroatoms. The first kappa shape index (κ1) is 13.8. The van der Waals surface area contributed by atoms with E-state index in [2.05, 4.69) is 4.98 Å². The average Bonchev–Trinajstić information content (AvgIpc) is 2.86. The number of nitrogens with zero attached hydrogens (tertiary/aromatic N) is 1. The predicted octanol–water partition coefficient (Wildman–Crippen LogP) is 2.67. The van der Waals surface area contributed by atoms with Crippen LogP contribution in [0, 0.1) is 24.1 Å². The third kappa shape index (κ3) is 2.29. The second-order valence-electron chi connectivity index (χ2n) is 4.85. The Hall–Kier alpha value is -3.20. The molecule has 3 aromatic rings. The fraction of sp³-hybridized carbons (Fsp3) is 0.0625. The molecule has 0 saturated carbocycles. The molecule has 1 aromatic heterocycles. The van der Waals surface area contributed by atoms with Crippen LogP contribution >= 0.6 is 0 Å². The Balaban J connectivity index is 2.15. The fourth-order valence-electron chi connectivity index (χ4n) is 2.31. The largest absolute Gasteiger partial charge is 0.417 e. The Kier molecular flexibility index (Phi) is 3.11. The molecule has 1 N–H and O–H groups in total. The first-order chi connectivity index (χ1) is 10.5. The minimum Gasteiger partial charge on any atom is -0.408 e. The number of carbonyl (C=O) groups is 1. The number of H-pyrrole nitrogens is 1. The lowest BCUT2D eigenvalue weighted by Gasteiger charge is -2.04. The van der Waals surface area contributed by atoms with Crippen LogP contribution in [0.25, 0.3) is 11.1 Å². The molecule has 0 spiro atoms. The molecular formula is C16H9FN2O3. The number of hydrogen-bond acceptors (Lipinski definition) is 4. The molecule has 3 rings (SSSR count). The van der Waals surface area contributed by atoms with Gasteiger partial charge in [-0.05, 0) is 42.8 Å². The Labute approximate surface area is 123 Å². The molecule has 0 aliphatic rings. The van der Waals surface area contributed by atoms with Crippen molar-refractivity contribution in [2.75, 3.05) is 0 Å². The highest BCUT2D eigenvalue weighted by atomic mass is 19.1. The second kappa shape index (κ2) is 4.97. The standard InChI is InChI=1S/C16H9FN2O3/c1-8-2-10(6-13-14(8)19-16(21)22-13)15(20)11-3-9(7-18)4-12(17)5-11/h2-6H,1H3,(H,19,21). The SMILES string of the molecule is Cc1cc(C(=O)c2cc(F)cc(C#N)c2)cc2oc(=O)[nH]c12. The molecule has 0 unspecified atom stereocenters. The maximum absolute atomic E-state index is 13.5. The lowest BCUT2D eigenvalue weighted by atomic mass is 9.99. The zero-order valence-corrected chi connectivity index (χ0v) is 11.4. The normalized spacial score (nSPS) is 10.6. The van der Waals surface area contributed by atoms with Crippen molar-refractivity contribution in [3.8, 4) is 6.07 Å². The first-order valence-electron chi connectivity index (χ1n) is 6.37. The summed E-state index contributed by atoms with van der Waals surface area (Å²) in [4.78, 5) is 26.2. The summed E-state index contributed by atoms with van der Waals surface area (Å²) in [6.07, 6.45) is 0. The van der Waals surface area contributed by atoms with E-state index in [-0.39, 0.29) is 22.3 Å². The fourth-order valence-corrected chi connectivity index (χ4v) is 2.31. The van der Waals surface area contributed by atoms with Gasteiger partial charge in [-0.1, -0.05) is 0 Å². The number of rotatable bonds is 2. The van der Waals surface area contributed by atoms with Crippen LogP contribution in [0.4, 0.5) is 4.39 Å². The number of fused-ring (bicyclic) bond motifs is 1. The number of aryl methyl sites for hydroxylation is 1. The van der Waals surface area contributed by atoms with Gasteiger partial charge in [0, 0.05) is 11.1 Å². The second-order valence-corrected chi connectivity index (χ2v) is 4.85. The molecule has 0 fully saturated rings. The minimum absolute atomic E-state index is 0.0631. The van der Waals surface area contributed by atoms with Crippen LogP contribution < -0.4 is 5.76 Å². The highest BCUT2D eigenvalue weighted by molar-refractivity contribution is 6.10. The van der Waals surface area contributed by atoms with Crippen molar-refractivity contribution in [1.82, 2.24) is 4.98 Å². The number of nitriles is 1. The van der Waals surface area contributed by atoms with Crippen LogP contribution in [0.2, 0.25) is 0 Å². The van der Waals surface area contributed by atoms with Crippen LogP contribution in [-0.4, -0.2) is 10.8 Å². The van der Waals surface area contributed by atoms with Crippen LogP contribution in [-0.2, 0) is 0 Å². The van der Waals surface area contributed by atoms with Crippen molar-refractivity contribution >= 4 is 16.9 Å². The van der Waals surface area contributed by atoms with Gasteiger partial charge < -0.3 is 4.42 Å². The van der Waals surface area contributed by atoms with Crippen LogP contribution in [0.3, 0.4) is 0 Å². The van der Waals surface area contributed by atoms with Gasteiger partial charge in [0.1, 0.15) is 5.82 Å². The summed E-state index contributed by atoms with van der Waals surface area (Å²) in [7, 11) is 0. The molecule has 22 heavy (non-hydrogen) atoms. The third-order valence-electron chi connectivity index (χ3n) is 3.28. The molecule has 1 heterocycles. The summed E-state index contributed by atoms with van der Waals surface area (Å²) in [6.45, 7) is 1.72. The van der Waals surface area contributed by atoms with E-state index in [1.54, 1.807) is 19.1 Å². The molecule has 5 nitrogen and oxygen atoms in total. The lowest BCUT2D eigenvalue weighted by Crippen LogP contribution is -2.03. The van der Waals surface area contributed by atoms with E-state index in [4.69, 9.17) is 9.68 Å². The molecule has 0 aliphatic carbocycles. The summed E-state index contributed by atoms with van der Waals surface area (Å²) in [5, 5.41) is 8.85. The van der Waals surface area contributed by atoms with E-state index in [1.165, 1.54) is 12.1 Å². The third-order valence-corrected chi connectivity index (χ3v) is 3.28. The van der Waals surface area contributed by atoms with Crippen LogP contribution in [0.5, 0.6) is 0 Å². The Morgan fingerprint density at radius 2 is 1.95 bits per heavy atom. The molecule has 0 radical (unpaired) electrons. The minimum atomic E-state index is -0.659. The molecule has 2 aromatic carbocycles. The van der Waals surface area contributed by atoms with E-state index in [0.29, 0.717) is 11.1 Å². The highest BCUT2D eigenvalue weighted by Gasteiger charge is 2.15. The topological polar surface area (TPSA) is 86.9 Å². The summed E-state index contributed by atoms with van der Waals surface area (Å²) >= 11 is 0. The predicted molar refractivity (Wildman–Crippen MR) is 76.1 cm³/mol. The Morgan fingerprint density at radius 1 is 1.23 bits per heavy atom. The number of aromatic amines is 1. The van der Waals surface area contributed by atoms with Gasteiger partial charge in [-0.25, -0.2) is 9.18 Å². The van der Waals surface area contributed by atoms with Crippen LogP contribution in [0.1, 0.15) is 27.0 Å². The number of halogens is 1. The van der Waals surface area contributed by atoms with Crippen molar-refractivity contribution in [2.45, 2.75) is 6.92 Å².